The summed E-state index contributed by atoms with van der Waals surface area (Å²) in [6.45, 7) is 2.78. The maximum Gasteiger partial charge on any atom is 0.193 e. The highest BCUT2D eigenvalue weighted by molar-refractivity contribution is 8.00. The van der Waals surface area contributed by atoms with Gasteiger partial charge in [0.15, 0.2) is 5.96 Å². The molecule has 0 aliphatic rings. The highest BCUT2D eigenvalue weighted by Gasteiger charge is 1.97. The Labute approximate surface area is 127 Å². The number of rotatable bonds is 6. The van der Waals surface area contributed by atoms with Gasteiger partial charge in [-0.1, -0.05) is 29.5 Å². The normalized spacial score (nSPS) is 11.6. The summed E-state index contributed by atoms with van der Waals surface area (Å²) in [6.07, 6.45) is 2.81. The van der Waals surface area contributed by atoms with Gasteiger partial charge in [-0.25, -0.2) is 4.98 Å². The molecule has 0 unspecified atom stereocenters. The Balaban J connectivity index is 1.67. The third kappa shape index (κ3) is 5.22. The Bertz CT molecular complexity index is 535. The Morgan fingerprint density at radius 3 is 2.90 bits per heavy atom. The van der Waals surface area contributed by atoms with Gasteiger partial charge < -0.3 is 11.1 Å². The zero-order valence-electron chi connectivity index (χ0n) is 11.4. The Morgan fingerprint density at radius 1 is 1.40 bits per heavy atom. The second-order valence-electron chi connectivity index (χ2n) is 4.26. The van der Waals surface area contributed by atoms with Gasteiger partial charge in [-0.15, -0.1) is 11.3 Å². The van der Waals surface area contributed by atoms with Crippen LogP contribution in [0.1, 0.15) is 12.0 Å². The van der Waals surface area contributed by atoms with E-state index in [-0.39, 0.29) is 0 Å². The van der Waals surface area contributed by atoms with Crippen LogP contribution in [0.2, 0.25) is 0 Å². The van der Waals surface area contributed by atoms with Crippen LogP contribution in [0.5, 0.6) is 0 Å². The highest BCUT2D eigenvalue weighted by Crippen LogP contribution is 2.20. The zero-order chi connectivity index (χ0) is 14.2. The fourth-order valence-corrected chi connectivity index (χ4v) is 3.16. The summed E-state index contributed by atoms with van der Waals surface area (Å²) in [7, 11) is 0. The number of nitrogens with one attached hydrogen (secondary N) is 1. The lowest BCUT2D eigenvalue weighted by atomic mass is 10.2. The van der Waals surface area contributed by atoms with Gasteiger partial charge in [0, 0.05) is 29.6 Å². The molecule has 0 bridgehead atoms. The lowest BCUT2D eigenvalue weighted by Crippen LogP contribution is -2.22. The summed E-state index contributed by atoms with van der Waals surface area (Å²) in [6, 6.07) is 8.08. The van der Waals surface area contributed by atoms with Crippen molar-refractivity contribution < 1.29 is 0 Å². The highest BCUT2D eigenvalue weighted by atomic mass is 32.2. The molecule has 0 saturated heterocycles. The van der Waals surface area contributed by atoms with Crippen LogP contribution in [0.4, 0.5) is 5.69 Å². The minimum Gasteiger partial charge on any atom is -0.370 e. The molecule has 6 heteroatoms. The second-order valence-corrected chi connectivity index (χ2v) is 6.49. The Kier molecular flexibility index (Phi) is 5.88. The Morgan fingerprint density at radius 2 is 2.20 bits per heavy atom. The second kappa shape index (κ2) is 7.91. The quantitative estimate of drug-likeness (QED) is 0.372. The van der Waals surface area contributed by atoms with E-state index in [0.29, 0.717) is 5.96 Å². The standard InChI is InChI=1S/C14H18N4S2/c1-11-3-5-12(6-4-11)18-13(15)16-7-2-9-19-14-17-8-10-20-14/h3-6,8,10H,2,7,9H2,1H3,(H3,15,16,18). The smallest absolute Gasteiger partial charge is 0.193 e. The first-order valence-electron chi connectivity index (χ1n) is 6.40. The number of aryl methyl sites for hydroxylation is 1. The molecule has 0 radical (unpaired) electrons. The average molecular weight is 306 g/mol. The fourth-order valence-electron chi connectivity index (χ4n) is 1.53. The van der Waals surface area contributed by atoms with Crippen LogP contribution >= 0.6 is 23.1 Å². The fraction of sp³-hybridized carbons (Fsp3) is 0.286. The van der Waals surface area contributed by atoms with Crippen molar-refractivity contribution in [2.24, 2.45) is 10.7 Å². The first kappa shape index (κ1) is 14.9. The van der Waals surface area contributed by atoms with Crippen molar-refractivity contribution in [2.75, 3.05) is 17.6 Å². The van der Waals surface area contributed by atoms with Crippen molar-refractivity contribution in [1.29, 1.82) is 0 Å². The molecule has 1 aromatic carbocycles. The molecule has 0 atom stereocenters. The van der Waals surface area contributed by atoms with Gasteiger partial charge in [-0.2, -0.15) is 0 Å². The van der Waals surface area contributed by atoms with Crippen LogP contribution < -0.4 is 11.1 Å². The molecule has 3 N–H and O–H groups in total. The van der Waals surface area contributed by atoms with Crippen molar-refractivity contribution in [1.82, 2.24) is 4.98 Å². The number of hydrogen-bond donors (Lipinski definition) is 2. The van der Waals surface area contributed by atoms with Gasteiger partial charge in [-0.05, 0) is 25.5 Å². The van der Waals surface area contributed by atoms with Crippen LogP contribution in [0.3, 0.4) is 0 Å². The lowest BCUT2D eigenvalue weighted by molar-refractivity contribution is 0.939. The summed E-state index contributed by atoms with van der Waals surface area (Å²) in [5.74, 6) is 1.47. The predicted molar refractivity (Wildman–Crippen MR) is 88.7 cm³/mol. The van der Waals surface area contributed by atoms with Crippen molar-refractivity contribution in [3.63, 3.8) is 0 Å². The SMILES string of the molecule is Cc1ccc(NC(N)=NCCCSc2nccs2)cc1. The van der Waals surface area contributed by atoms with Gasteiger partial charge in [0.05, 0.1) is 0 Å². The van der Waals surface area contributed by atoms with E-state index < -0.39 is 0 Å². The van der Waals surface area contributed by atoms with Crippen LogP contribution in [0.25, 0.3) is 0 Å². The third-order valence-corrected chi connectivity index (χ3v) is 4.60. The zero-order valence-corrected chi connectivity index (χ0v) is 13.0. The van der Waals surface area contributed by atoms with E-state index >= 15 is 0 Å². The van der Waals surface area contributed by atoms with E-state index in [4.69, 9.17) is 5.73 Å². The van der Waals surface area contributed by atoms with Crippen LogP contribution in [0.15, 0.2) is 45.2 Å². The molecule has 0 aliphatic carbocycles. The molecule has 0 aliphatic heterocycles. The predicted octanol–water partition coefficient (Wildman–Crippen LogP) is 3.36. The van der Waals surface area contributed by atoms with Crippen LogP contribution in [-0.2, 0) is 0 Å². The lowest BCUT2D eigenvalue weighted by Gasteiger charge is -2.05. The molecule has 106 valence electrons. The number of hydrogen-bond acceptors (Lipinski definition) is 4. The Hall–Kier alpha value is -1.53. The summed E-state index contributed by atoms with van der Waals surface area (Å²) in [5, 5.41) is 5.07. The number of thiazole rings is 1. The van der Waals surface area contributed by atoms with Gasteiger partial charge >= 0.3 is 0 Å². The number of aromatic nitrogens is 1. The molecule has 1 aromatic heterocycles. The molecule has 0 fully saturated rings. The third-order valence-electron chi connectivity index (χ3n) is 2.54. The number of guanidine groups is 1. The van der Waals surface area contributed by atoms with Gasteiger partial charge in [0.25, 0.3) is 0 Å². The van der Waals surface area contributed by atoms with E-state index in [1.807, 2.05) is 35.8 Å². The molecule has 20 heavy (non-hydrogen) atoms. The van der Waals surface area contributed by atoms with Gasteiger partial charge in [0.1, 0.15) is 4.34 Å². The molecule has 0 saturated carbocycles. The monoisotopic (exact) mass is 306 g/mol. The average Bonchev–Trinajstić information content (AvgIpc) is 2.94. The minimum atomic E-state index is 0.466. The maximum atomic E-state index is 5.84. The number of nitrogens with two attached hydrogens (primary N) is 1. The van der Waals surface area contributed by atoms with Gasteiger partial charge in [-0.3, -0.25) is 4.99 Å². The van der Waals surface area contributed by atoms with Crippen LogP contribution in [0, 0.1) is 6.92 Å². The summed E-state index contributed by atoms with van der Waals surface area (Å²) in [5.41, 5.74) is 8.04. The number of nitrogens with zero attached hydrogens (tertiary/aromatic N) is 2. The molecular weight excluding hydrogens is 288 g/mol. The van der Waals surface area contributed by atoms with Crippen molar-refractivity contribution in [3.05, 3.63) is 41.4 Å². The van der Waals surface area contributed by atoms with E-state index in [0.717, 1.165) is 28.7 Å². The minimum absolute atomic E-state index is 0.466. The maximum absolute atomic E-state index is 5.84. The number of aliphatic imine (C=N–C) groups is 1. The number of benzene rings is 1. The molecule has 2 aromatic rings. The summed E-state index contributed by atoms with van der Waals surface area (Å²) >= 11 is 3.43. The van der Waals surface area contributed by atoms with Crippen LogP contribution in [-0.4, -0.2) is 23.2 Å². The molecule has 1 heterocycles. The topological polar surface area (TPSA) is 63.3 Å². The molecule has 2 rings (SSSR count). The van der Waals surface area contributed by atoms with Crippen molar-refractivity contribution in [2.45, 2.75) is 17.7 Å². The van der Waals surface area contributed by atoms with Gasteiger partial charge in [0.2, 0.25) is 0 Å². The van der Waals surface area contributed by atoms with Crippen molar-refractivity contribution in [3.8, 4) is 0 Å². The molecular formula is C14H18N4S2. The number of thioether (sulfide) groups is 1. The van der Waals surface area contributed by atoms with E-state index in [2.05, 4.69) is 22.2 Å². The van der Waals surface area contributed by atoms with Crippen molar-refractivity contribution >= 4 is 34.7 Å². The first-order chi connectivity index (χ1) is 9.74. The number of anilines is 1. The largest absolute Gasteiger partial charge is 0.370 e. The molecule has 0 amide bonds. The van der Waals surface area contributed by atoms with E-state index in [1.165, 1.54) is 5.56 Å². The molecule has 0 spiro atoms. The molecule has 4 nitrogen and oxygen atoms in total. The summed E-state index contributed by atoms with van der Waals surface area (Å²) < 4.78 is 1.11. The first-order valence-corrected chi connectivity index (χ1v) is 8.26. The summed E-state index contributed by atoms with van der Waals surface area (Å²) in [4.78, 5) is 8.53. The van der Waals surface area contributed by atoms with E-state index in [1.54, 1.807) is 23.1 Å². The van der Waals surface area contributed by atoms with E-state index in [9.17, 15) is 0 Å².